The van der Waals surface area contributed by atoms with Gasteiger partial charge in [0.1, 0.15) is 5.75 Å². The van der Waals surface area contributed by atoms with Crippen LogP contribution in [0.3, 0.4) is 0 Å². The van der Waals surface area contributed by atoms with E-state index in [0.29, 0.717) is 11.4 Å². The molecule has 2 aromatic carbocycles. The molecule has 0 radical (unpaired) electrons. The third-order valence-electron chi connectivity index (χ3n) is 4.62. The lowest BCUT2D eigenvalue weighted by Crippen LogP contribution is -2.34. The van der Waals surface area contributed by atoms with Gasteiger partial charge in [-0.25, -0.2) is 8.42 Å². The molecule has 1 fully saturated rings. The van der Waals surface area contributed by atoms with Crippen molar-refractivity contribution in [2.45, 2.75) is 36.6 Å². The molecule has 3 rings (SSSR count). The lowest BCUT2D eigenvalue weighted by Gasteiger charge is -2.29. The monoisotopic (exact) mass is 423 g/mol. The van der Waals surface area contributed by atoms with Gasteiger partial charge in [-0.15, -0.1) is 0 Å². The summed E-state index contributed by atoms with van der Waals surface area (Å²) in [5.74, 6) is 0.777. The topological polar surface area (TPSA) is 46.6 Å². The van der Waals surface area contributed by atoms with Crippen LogP contribution in [0.1, 0.15) is 37.3 Å². The molecule has 1 aliphatic rings. The fraction of sp³-hybridized carbons (Fsp3) is 0.368. The standard InChI is InChI=1S/C19H22BrNO3S/c1-24-17-10-6-15(7-11-17)19-5-3-2-4-14-21(19)25(22,23)18-12-8-16(20)9-13-18/h6-13,19H,2-5,14H2,1H3/t19-/m0/s1. The van der Waals surface area contributed by atoms with Crippen molar-refractivity contribution in [2.75, 3.05) is 13.7 Å². The van der Waals surface area contributed by atoms with Crippen LogP contribution in [-0.2, 0) is 10.0 Å². The Morgan fingerprint density at radius 2 is 1.68 bits per heavy atom. The van der Waals surface area contributed by atoms with Crippen LogP contribution in [0.2, 0.25) is 0 Å². The zero-order valence-corrected chi connectivity index (χ0v) is 16.6. The van der Waals surface area contributed by atoms with Gasteiger partial charge in [0.05, 0.1) is 18.0 Å². The van der Waals surface area contributed by atoms with Crippen molar-refractivity contribution >= 4 is 26.0 Å². The fourth-order valence-corrected chi connectivity index (χ4v) is 5.22. The Morgan fingerprint density at radius 3 is 2.32 bits per heavy atom. The summed E-state index contributed by atoms with van der Waals surface area (Å²) < 4.78 is 34.2. The number of halogens is 1. The Hall–Kier alpha value is -1.37. The number of benzene rings is 2. The predicted molar refractivity (Wildman–Crippen MR) is 102 cm³/mol. The summed E-state index contributed by atoms with van der Waals surface area (Å²) in [7, 11) is -1.90. The second-order valence-corrected chi connectivity index (χ2v) is 9.01. The SMILES string of the molecule is COc1ccc([C@@H]2CCCCCN2S(=O)(=O)c2ccc(Br)cc2)cc1. The van der Waals surface area contributed by atoms with Gasteiger partial charge in [-0.2, -0.15) is 4.31 Å². The highest BCUT2D eigenvalue weighted by Crippen LogP contribution is 2.35. The Morgan fingerprint density at radius 1 is 1.00 bits per heavy atom. The summed E-state index contributed by atoms with van der Waals surface area (Å²) in [5.41, 5.74) is 1.02. The smallest absolute Gasteiger partial charge is 0.243 e. The first-order valence-electron chi connectivity index (χ1n) is 8.44. The Labute approximate surface area is 158 Å². The van der Waals surface area contributed by atoms with Crippen LogP contribution in [0.4, 0.5) is 0 Å². The summed E-state index contributed by atoms with van der Waals surface area (Å²) in [6.45, 7) is 0.551. The number of sulfonamides is 1. The quantitative estimate of drug-likeness (QED) is 0.711. The minimum Gasteiger partial charge on any atom is -0.497 e. The molecule has 25 heavy (non-hydrogen) atoms. The number of hydrogen-bond donors (Lipinski definition) is 0. The summed E-state index contributed by atoms with van der Waals surface area (Å²) in [6, 6.07) is 14.5. The van der Waals surface area contributed by atoms with Crippen LogP contribution in [0.25, 0.3) is 0 Å². The molecule has 0 aromatic heterocycles. The maximum atomic E-state index is 13.2. The van der Waals surface area contributed by atoms with Gasteiger partial charge in [-0.3, -0.25) is 0 Å². The van der Waals surface area contributed by atoms with Crippen molar-refractivity contribution < 1.29 is 13.2 Å². The first kappa shape index (κ1) is 18.4. The molecule has 0 unspecified atom stereocenters. The summed E-state index contributed by atoms with van der Waals surface area (Å²) in [5, 5.41) is 0. The number of rotatable bonds is 4. The van der Waals surface area contributed by atoms with Crippen LogP contribution in [-0.4, -0.2) is 26.4 Å². The molecule has 134 valence electrons. The average molecular weight is 424 g/mol. The molecular weight excluding hydrogens is 402 g/mol. The molecule has 0 amide bonds. The zero-order valence-electron chi connectivity index (χ0n) is 14.2. The van der Waals surface area contributed by atoms with E-state index in [-0.39, 0.29) is 6.04 Å². The van der Waals surface area contributed by atoms with Gasteiger partial charge in [-0.05, 0) is 54.8 Å². The van der Waals surface area contributed by atoms with Crippen LogP contribution in [0, 0.1) is 0 Å². The number of nitrogens with zero attached hydrogens (tertiary/aromatic N) is 1. The maximum Gasteiger partial charge on any atom is 0.243 e. The van der Waals surface area contributed by atoms with Crippen molar-refractivity contribution in [1.82, 2.24) is 4.31 Å². The van der Waals surface area contributed by atoms with Crippen molar-refractivity contribution in [2.24, 2.45) is 0 Å². The van der Waals surface area contributed by atoms with E-state index in [1.165, 1.54) is 0 Å². The largest absolute Gasteiger partial charge is 0.497 e. The molecule has 4 nitrogen and oxygen atoms in total. The second-order valence-electron chi connectivity index (χ2n) is 6.21. The summed E-state index contributed by atoms with van der Waals surface area (Å²) in [4.78, 5) is 0.344. The summed E-state index contributed by atoms with van der Waals surface area (Å²) in [6.07, 6.45) is 3.81. The molecule has 0 aliphatic carbocycles. The van der Waals surface area contributed by atoms with Gasteiger partial charge in [0.2, 0.25) is 10.0 Å². The first-order chi connectivity index (χ1) is 12.0. The van der Waals surface area contributed by atoms with Crippen molar-refractivity contribution in [3.05, 3.63) is 58.6 Å². The number of hydrogen-bond acceptors (Lipinski definition) is 3. The molecule has 1 saturated heterocycles. The van der Waals surface area contributed by atoms with E-state index in [0.717, 1.165) is 41.5 Å². The minimum absolute atomic E-state index is 0.137. The lowest BCUT2D eigenvalue weighted by atomic mass is 10.0. The molecule has 0 spiro atoms. The normalized spacial score (nSPS) is 19.4. The van der Waals surface area contributed by atoms with Crippen LogP contribution in [0.5, 0.6) is 5.75 Å². The molecule has 2 aromatic rings. The highest BCUT2D eigenvalue weighted by molar-refractivity contribution is 9.10. The van der Waals surface area contributed by atoms with E-state index in [4.69, 9.17) is 4.74 Å². The van der Waals surface area contributed by atoms with Gasteiger partial charge in [0, 0.05) is 11.0 Å². The number of ether oxygens (including phenoxy) is 1. The highest BCUT2D eigenvalue weighted by Gasteiger charge is 2.33. The summed E-state index contributed by atoms with van der Waals surface area (Å²) >= 11 is 3.36. The van der Waals surface area contributed by atoms with E-state index in [1.54, 1.807) is 35.7 Å². The van der Waals surface area contributed by atoms with Gasteiger partial charge < -0.3 is 4.74 Å². The zero-order chi connectivity index (χ0) is 17.9. The van der Waals surface area contributed by atoms with E-state index >= 15 is 0 Å². The predicted octanol–water partition coefficient (Wildman–Crippen LogP) is 4.76. The van der Waals surface area contributed by atoms with Gasteiger partial charge in [0.25, 0.3) is 0 Å². The minimum atomic E-state index is -3.53. The Bertz CT molecular complexity index is 804. The molecular formula is C19H22BrNO3S. The molecule has 6 heteroatoms. The van der Waals surface area contributed by atoms with Gasteiger partial charge in [0.15, 0.2) is 0 Å². The molecule has 0 N–H and O–H groups in total. The van der Waals surface area contributed by atoms with E-state index in [1.807, 2.05) is 24.3 Å². The van der Waals surface area contributed by atoms with Crippen molar-refractivity contribution in [1.29, 1.82) is 0 Å². The lowest BCUT2D eigenvalue weighted by molar-refractivity contribution is 0.328. The molecule has 0 saturated carbocycles. The van der Waals surface area contributed by atoms with E-state index in [2.05, 4.69) is 15.9 Å². The van der Waals surface area contributed by atoms with Crippen LogP contribution < -0.4 is 4.74 Å². The van der Waals surface area contributed by atoms with Crippen LogP contribution in [0.15, 0.2) is 57.9 Å². The molecule has 1 heterocycles. The third-order valence-corrected chi connectivity index (χ3v) is 7.08. The van der Waals surface area contributed by atoms with Crippen molar-refractivity contribution in [3.8, 4) is 5.75 Å². The average Bonchev–Trinajstić information content (AvgIpc) is 2.89. The highest BCUT2D eigenvalue weighted by atomic mass is 79.9. The Balaban J connectivity index is 1.98. The van der Waals surface area contributed by atoms with Crippen LogP contribution >= 0.6 is 15.9 Å². The van der Waals surface area contributed by atoms with E-state index < -0.39 is 10.0 Å². The van der Waals surface area contributed by atoms with E-state index in [9.17, 15) is 8.42 Å². The fourth-order valence-electron chi connectivity index (χ4n) is 3.27. The second kappa shape index (κ2) is 7.89. The third kappa shape index (κ3) is 4.07. The van der Waals surface area contributed by atoms with Gasteiger partial charge in [-0.1, -0.05) is 40.9 Å². The Kier molecular flexibility index (Phi) is 5.81. The van der Waals surface area contributed by atoms with Crippen molar-refractivity contribution in [3.63, 3.8) is 0 Å². The molecule has 1 atom stereocenters. The van der Waals surface area contributed by atoms with Gasteiger partial charge >= 0.3 is 0 Å². The molecule has 0 bridgehead atoms. The maximum absolute atomic E-state index is 13.2. The first-order valence-corrected chi connectivity index (χ1v) is 10.7. The molecule has 1 aliphatic heterocycles. The number of methoxy groups -OCH3 is 1.